The van der Waals surface area contributed by atoms with Crippen LogP contribution in [0, 0.1) is 0 Å². The van der Waals surface area contributed by atoms with E-state index in [9.17, 15) is 0 Å². The minimum absolute atomic E-state index is 1.12. The van der Waals surface area contributed by atoms with Gasteiger partial charge in [0.25, 0.3) is 0 Å². The van der Waals surface area contributed by atoms with Crippen LogP contribution < -0.4 is 9.47 Å². The van der Waals surface area contributed by atoms with E-state index in [1.54, 1.807) is 0 Å². The molecule has 2 nitrogen and oxygen atoms in total. The van der Waals surface area contributed by atoms with Crippen LogP contribution in [0.25, 0.3) is 10.9 Å². The lowest BCUT2D eigenvalue weighted by atomic mass is 10.1. The molecule has 1 heterocycles. The lowest BCUT2D eigenvalue weighted by Gasteiger charge is -2.12. The summed E-state index contributed by atoms with van der Waals surface area (Å²) in [6.45, 7) is 3.38. The molecule has 0 fully saturated rings. The molecule has 0 saturated carbocycles. The highest BCUT2D eigenvalue weighted by Gasteiger charge is 2.09. The third-order valence-electron chi connectivity index (χ3n) is 3.63. The van der Waals surface area contributed by atoms with E-state index in [1.165, 1.54) is 42.3 Å². The van der Waals surface area contributed by atoms with Crippen LogP contribution in [0.15, 0.2) is 36.5 Å². The maximum absolute atomic E-state index is 2.39. The van der Waals surface area contributed by atoms with Gasteiger partial charge in [-0.1, -0.05) is 19.8 Å². The SMILES string of the molecule is CCCCCC[n+]1cccc2ccc(N(C)C)cc21. The van der Waals surface area contributed by atoms with E-state index in [1.807, 2.05) is 0 Å². The summed E-state index contributed by atoms with van der Waals surface area (Å²) in [5.41, 5.74) is 2.60. The number of aromatic nitrogens is 1. The fraction of sp³-hybridized carbons (Fsp3) is 0.471. The molecule has 2 heteroatoms. The molecule has 0 aliphatic heterocycles. The molecule has 1 aromatic heterocycles. The number of aryl methyl sites for hydroxylation is 1. The third kappa shape index (κ3) is 3.46. The van der Waals surface area contributed by atoms with Crippen LogP contribution in [-0.4, -0.2) is 14.1 Å². The van der Waals surface area contributed by atoms with Gasteiger partial charge in [0.2, 0.25) is 5.52 Å². The fourth-order valence-electron chi connectivity index (χ4n) is 2.43. The Kier molecular flexibility index (Phi) is 4.78. The summed E-state index contributed by atoms with van der Waals surface area (Å²) in [5, 5.41) is 1.32. The number of nitrogens with zero attached hydrogens (tertiary/aromatic N) is 2. The first-order chi connectivity index (χ1) is 9.22. The number of fused-ring (bicyclic) bond motifs is 1. The van der Waals surface area contributed by atoms with E-state index in [0.717, 1.165) is 6.54 Å². The van der Waals surface area contributed by atoms with Crippen LogP contribution in [0.4, 0.5) is 5.69 Å². The molecule has 0 aliphatic carbocycles. The van der Waals surface area contributed by atoms with Crippen LogP contribution in [0.5, 0.6) is 0 Å². The Bertz CT molecular complexity index is 532. The number of benzene rings is 1. The van der Waals surface area contributed by atoms with Crippen molar-refractivity contribution in [3.05, 3.63) is 36.5 Å². The summed E-state index contributed by atoms with van der Waals surface area (Å²) in [6, 6.07) is 11.0. The molecule has 0 N–H and O–H groups in total. The predicted octanol–water partition coefficient (Wildman–Crippen LogP) is 3.77. The molecule has 2 rings (SSSR count). The maximum Gasteiger partial charge on any atom is 0.214 e. The first kappa shape index (κ1) is 13.9. The normalized spacial score (nSPS) is 10.9. The first-order valence-electron chi connectivity index (χ1n) is 7.32. The summed E-state index contributed by atoms with van der Waals surface area (Å²) in [4.78, 5) is 2.16. The van der Waals surface area contributed by atoms with Crippen molar-refractivity contribution in [2.75, 3.05) is 19.0 Å². The Morgan fingerprint density at radius 3 is 2.63 bits per heavy atom. The van der Waals surface area contributed by atoms with Crippen LogP contribution in [0.2, 0.25) is 0 Å². The van der Waals surface area contributed by atoms with Crippen LogP contribution >= 0.6 is 0 Å². The van der Waals surface area contributed by atoms with E-state index in [0.29, 0.717) is 0 Å². The van der Waals surface area contributed by atoms with Gasteiger partial charge in [0.1, 0.15) is 6.54 Å². The zero-order valence-electron chi connectivity index (χ0n) is 12.4. The average Bonchev–Trinajstić information content (AvgIpc) is 2.43. The number of rotatable bonds is 6. The Morgan fingerprint density at radius 1 is 1.05 bits per heavy atom. The number of unbranched alkanes of at least 4 members (excludes halogenated alkanes) is 3. The second kappa shape index (κ2) is 6.55. The maximum atomic E-state index is 2.39. The summed E-state index contributed by atoms with van der Waals surface area (Å²) in [7, 11) is 4.19. The second-order valence-electron chi connectivity index (χ2n) is 5.40. The zero-order chi connectivity index (χ0) is 13.7. The van der Waals surface area contributed by atoms with Gasteiger partial charge in [-0.15, -0.1) is 0 Å². The van der Waals surface area contributed by atoms with Gasteiger partial charge in [-0.3, -0.25) is 0 Å². The van der Waals surface area contributed by atoms with E-state index in [-0.39, 0.29) is 0 Å². The molecule has 2 aromatic rings. The molecule has 0 radical (unpaired) electrons. The Labute approximate surface area is 116 Å². The highest BCUT2D eigenvalue weighted by molar-refractivity contribution is 5.79. The van der Waals surface area contributed by atoms with E-state index in [4.69, 9.17) is 0 Å². The summed E-state index contributed by atoms with van der Waals surface area (Å²) < 4.78 is 2.39. The monoisotopic (exact) mass is 257 g/mol. The van der Waals surface area contributed by atoms with Gasteiger partial charge in [0.15, 0.2) is 6.20 Å². The van der Waals surface area contributed by atoms with Crippen molar-refractivity contribution in [2.45, 2.75) is 39.2 Å². The number of hydrogen-bond donors (Lipinski definition) is 0. The van der Waals surface area contributed by atoms with Crippen molar-refractivity contribution in [1.82, 2.24) is 0 Å². The highest BCUT2D eigenvalue weighted by Crippen LogP contribution is 2.18. The molecule has 0 saturated heterocycles. The standard InChI is InChI=1S/C17H25N2/c1-4-5-6-7-12-19-13-8-9-15-10-11-16(18(2)3)14-17(15)19/h8-11,13-14H,4-7,12H2,1-3H3/q+1. The molecular weight excluding hydrogens is 232 g/mol. The molecule has 0 amide bonds. The minimum atomic E-state index is 1.12. The highest BCUT2D eigenvalue weighted by atomic mass is 15.1. The quantitative estimate of drug-likeness (QED) is 0.564. The molecular formula is C17H25N2+. The van der Waals surface area contributed by atoms with Gasteiger partial charge in [-0.05, 0) is 24.6 Å². The average molecular weight is 257 g/mol. The minimum Gasteiger partial charge on any atom is -0.377 e. The summed E-state index contributed by atoms with van der Waals surface area (Å²) >= 11 is 0. The van der Waals surface area contributed by atoms with Crippen molar-refractivity contribution in [3.63, 3.8) is 0 Å². The van der Waals surface area contributed by atoms with Crippen LogP contribution in [0.1, 0.15) is 32.6 Å². The molecule has 0 spiro atoms. The first-order valence-corrected chi connectivity index (χ1v) is 7.32. The van der Waals surface area contributed by atoms with Crippen molar-refractivity contribution in [3.8, 4) is 0 Å². The second-order valence-corrected chi connectivity index (χ2v) is 5.40. The van der Waals surface area contributed by atoms with Gasteiger partial charge in [0, 0.05) is 43.7 Å². The smallest absolute Gasteiger partial charge is 0.214 e. The molecule has 0 bridgehead atoms. The lowest BCUT2D eigenvalue weighted by molar-refractivity contribution is -0.671. The number of anilines is 1. The third-order valence-corrected chi connectivity index (χ3v) is 3.63. The van der Waals surface area contributed by atoms with E-state index < -0.39 is 0 Å². The summed E-state index contributed by atoms with van der Waals surface area (Å²) in [5.74, 6) is 0. The number of pyridine rings is 1. The van der Waals surface area contributed by atoms with E-state index >= 15 is 0 Å². The predicted molar refractivity (Wildman–Crippen MR) is 82.6 cm³/mol. The van der Waals surface area contributed by atoms with Gasteiger partial charge in [0.05, 0.1) is 0 Å². The molecule has 0 atom stereocenters. The van der Waals surface area contributed by atoms with Gasteiger partial charge in [-0.2, -0.15) is 4.57 Å². The topological polar surface area (TPSA) is 7.12 Å². The molecule has 102 valence electrons. The summed E-state index contributed by atoms with van der Waals surface area (Å²) in [6.07, 6.45) is 7.43. The van der Waals surface area contributed by atoms with Gasteiger partial charge >= 0.3 is 0 Å². The largest absolute Gasteiger partial charge is 0.377 e. The molecule has 19 heavy (non-hydrogen) atoms. The van der Waals surface area contributed by atoms with Gasteiger partial charge in [-0.25, -0.2) is 0 Å². The Balaban J connectivity index is 2.24. The zero-order valence-corrected chi connectivity index (χ0v) is 12.4. The van der Waals surface area contributed by atoms with Crippen LogP contribution in [0.3, 0.4) is 0 Å². The van der Waals surface area contributed by atoms with Crippen molar-refractivity contribution < 1.29 is 4.57 Å². The van der Waals surface area contributed by atoms with Crippen LogP contribution in [-0.2, 0) is 6.54 Å². The molecule has 0 unspecified atom stereocenters. The molecule has 0 aliphatic rings. The van der Waals surface area contributed by atoms with E-state index in [2.05, 4.69) is 67.0 Å². The van der Waals surface area contributed by atoms with Crippen molar-refractivity contribution in [1.29, 1.82) is 0 Å². The Hall–Kier alpha value is -1.57. The fourth-order valence-corrected chi connectivity index (χ4v) is 2.43. The van der Waals surface area contributed by atoms with Crippen molar-refractivity contribution >= 4 is 16.6 Å². The molecule has 1 aromatic carbocycles. The number of hydrogen-bond acceptors (Lipinski definition) is 1. The Morgan fingerprint density at radius 2 is 1.89 bits per heavy atom. The lowest BCUT2D eigenvalue weighted by Crippen LogP contribution is -2.34. The van der Waals surface area contributed by atoms with Gasteiger partial charge < -0.3 is 4.90 Å². The van der Waals surface area contributed by atoms with Crippen molar-refractivity contribution in [2.24, 2.45) is 0 Å².